The summed E-state index contributed by atoms with van der Waals surface area (Å²) in [6.45, 7) is 1.81. The lowest BCUT2D eigenvalue weighted by Crippen LogP contribution is -2.48. The van der Waals surface area contributed by atoms with Gasteiger partial charge in [-0.05, 0) is 25.8 Å². The number of sulfonamides is 1. The van der Waals surface area contributed by atoms with Crippen molar-refractivity contribution in [2.45, 2.75) is 30.0 Å². The Kier molecular flexibility index (Phi) is 4.35. The number of carboxylic acids is 1. The van der Waals surface area contributed by atoms with E-state index in [0.29, 0.717) is 12.8 Å². The van der Waals surface area contributed by atoms with Crippen molar-refractivity contribution >= 4 is 33.2 Å². The first-order valence-electron chi connectivity index (χ1n) is 6.36. The number of carboxylic acid groups (broad SMARTS) is 1. The molecular weight excluding hydrogens is 316 g/mol. The zero-order valence-electron chi connectivity index (χ0n) is 11.4. The highest BCUT2D eigenvalue weighted by Gasteiger charge is 2.37. The lowest BCUT2D eigenvalue weighted by atomic mass is 9.95. The Morgan fingerprint density at radius 3 is 2.62 bits per heavy atom. The molecule has 7 nitrogen and oxygen atoms in total. The van der Waals surface area contributed by atoms with E-state index in [1.807, 2.05) is 0 Å². The molecule has 1 amide bonds. The second-order valence-electron chi connectivity index (χ2n) is 5.06. The van der Waals surface area contributed by atoms with E-state index in [0.717, 1.165) is 17.4 Å². The molecule has 0 saturated carbocycles. The first kappa shape index (κ1) is 15.9. The molecule has 1 aromatic heterocycles. The molecule has 2 rings (SSSR count). The van der Waals surface area contributed by atoms with Gasteiger partial charge in [-0.1, -0.05) is 0 Å². The Hall–Kier alpha value is -1.45. The van der Waals surface area contributed by atoms with Crippen LogP contribution in [-0.4, -0.2) is 42.3 Å². The molecule has 2 unspecified atom stereocenters. The van der Waals surface area contributed by atoms with Crippen molar-refractivity contribution in [2.24, 2.45) is 11.7 Å². The van der Waals surface area contributed by atoms with Crippen LogP contribution in [0.25, 0.3) is 0 Å². The largest absolute Gasteiger partial charge is 0.478 e. The number of carbonyl (C=O) groups is 2. The van der Waals surface area contributed by atoms with Crippen LogP contribution >= 0.6 is 11.3 Å². The first-order valence-corrected chi connectivity index (χ1v) is 8.68. The number of thiophene rings is 1. The number of nitrogens with two attached hydrogens (primary N) is 1. The van der Waals surface area contributed by atoms with Crippen LogP contribution in [0.4, 0.5) is 0 Å². The Bertz CT molecular complexity index is 667. The Morgan fingerprint density at radius 2 is 2.10 bits per heavy atom. The van der Waals surface area contributed by atoms with Gasteiger partial charge in [0.2, 0.25) is 5.91 Å². The van der Waals surface area contributed by atoms with E-state index in [-0.39, 0.29) is 22.4 Å². The molecule has 0 aromatic carbocycles. The van der Waals surface area contributed by atoms with Crippen molar-refractivity contribution in [2.75, 3.05) is 6.54 Å². The van der Waals surface area contributed by atoms with E-state index < -0.39 is 27.8 Å². The standard InChI is InChI=1S/C12H16N2O5S2/c1-7-2-3-8(11(13)15)5-14(7)21(18,19)10-4-9(6-20-10)12(16)17/h4,6-8H,2-3,5H2,1H3,(H2,13,15)(H,16,17). The third-order valence-electron chi connectivity index (χ3n) is 3.61. The first-order chi connectivity index (χ1) is 9.73. The maximum atomic E-state index is 12.6. The molecular formula is C12H16N2O5S2. The average molecular weight is 332 g/mol. The Morgan fingerprint density at radius 1 is 1.43 bits per heavy atom. The third-order valence-corrected chi connectivity index (χ3v) is 7.01. The summed E-state index contributed by atoms with van der Waals surface area (Å²) in [5.74, 6) is -2.19. The van der Waals surface area contributed by atoms with E-state index in [1.54, 1.807) is 6.92 Å². The van der Waals surface area contributed by atoms with E-state index in [4.69, 9.17) is 10.8 Å². The Balaban J connectivity index is 2.32. The topological polar surface area (TPSA) is 118 Å². The predicted octanol–water partition coefficient (Wildman–Crippen LogP) is 0.721. The molecule has 116 valence electrons. The highest BCUT2D eigenvalue weighted by Crippen LogP contribution is 2.31. The molecule has 1 fully saturated rings. The van der Waals surface area contributed by atoms with Crippen LogP contribution in [0.15, 0.2) is 15.7 Å². The fourth-order valence-corrected chi connectivity index (χ4v) is 5.31. The van der Waals surface area contributed by atoms with Crippen LogP contribution in [0.3, 0.4) is 0 Å². The number of aromatic carboxylic acids is 1. The smallest absolute Gasteiger partial charge is 0.336 e. The summed E-state index contributed by atoms with van der Waals surface area (Å²) in [7, 11) is -3.81. The summed E-state index contributed by atoms with van der Waals surface area (Å²) in [4.78, 5) is 22.1. The van der Waals surface area contributed by atoms with Crippen molar-refractivity contribution in [3.8, 4) is 0 Å². The monoisotopic (exact) mass is 332 g/mol. The van der Waals surface area contributed by atoms with Crippen LogP contribution in [-0.2, 0) is 14.8 Å². The SMILES string of the molecule is CC1CCC(C(N)=O)CN1S(=O)(=O)c1cc(C(=O)O)cs1. The van der Waals surface area contributed by atoms with Gasteiger partial charge in [-0.2, -0.15) is 4.31 Å². The molecule has 2 heterocycles. The van der Waals surface area contributed by atoms with Gasteiger partial charge in [0.05, 0.1) is 11.5 Å². The van der Waals surface area contributed by atoms with Gasteiger partial charge >= 0.3 is 5.97 Å². The van der Waals surface area contributed by atoms with E-state index in [9.17, 15) is 18.0 Å². The van der Waals surface area contributed by atoms with Crippen molar-refractivity contribution in [3.05, 3.63) is 17.0 Å². The summed E-state index contributed by atoms with van der Waals surface area (Å²) in [5, 5.41) is 10.2. The summed E-state index contributed by atoms with van der Waals surface area (Å²) < 4.78 is 26.4. The number of rotatable bonds is 4. The average Bonchev–Trinajstić information content (AvgIpc) is 2.89. The van der Waals surface area contributed by atoms with E-state index in [2.05, 4.69) is 0 Å². The fraction of sp³-hybridized carbons (Fsp3) is 0.500. The minimum absolute atomic E-state index is 0.0307. The van der Waals surface area contributed by atoms with Crippen molar-refractivity contribution in [1.82, 2.24) is 4.31 Å². The maximum Gasteiger partial charge on any atom is 0.336 e. The molecule has 21 heavy (non-hydrogen) atoms. The summed E-state index contributed by atoms with van der Waals surface area (Å²) in [5.41, 5.74) is 5.20. The normalized spacial score (nSPS) is 23.9. The predicted molar refractivity (Wildman–Crippen MR) is 76.6 cm³/mol. The minimum Gasteiger partial charge on any atom is -0.478 e. The van der Waals surface area contributed by atoms with Crippen LogP contribution in [0.5, 0.6) is 0 Å². The van der Waals surface area contributed by atoms with Crippen LogP contribution in [0.2, 0.25) is 0 Å². The molecule has 2 atom stereocenters. The van der Waals surface area contributed by atoms with Gasteiger partial charge in [0, 0.05) is 18.0 Å². The molecule has 1 aliphatic heterocycles. The van der Waals surface area contributed by atoms with E-state index >= 15 is 0 Å². The number of carbonyl (C=O) groups excluding carboxylic acids is 1. The molecule has 3 N–H and O–H groups in total. The molecule has 1 aliphatic rings. The van der Waals surface area contributed by atoms with Gasteiger partial charge in [0.25, 0.3) is 10.0 Å². The van der Waals surface area contributed by atoms with Gasteiger partial charge in [0.15, 0.2) is 0 Å². The van der Waals surface area contributed by atoms with Crippen molar-refractivity contribution in [3.63, 3.8) is 0 Å². The molecule has 1 aromatic rings. The number of amides is 1. The molecule has 0 spiro atoms. The molecule has 1 saturated heterocycles. The highest BCUT2D eigenvalue weighted by atomic mass is 32.2. The van der Waals surface area contributed by atoms with Crippen LogP contribution in [0, 0.1) is 5.92 Å². The fourth-order valence-electron chi connectivity index (χ4n) is 2.32. The molecule has 0 bridgehead atoms. The molecule has 0 radical (unpaired) electrons. The summed E-state index contributed by atoms with van der Waals surface area (Å²) >= 11 is 0.863. The second-order valence-corrected chi connectivity index (χ2v) is 8.09. The minimum atomic E-state index is -3.81. The van der Waals surface area contributed by atoms with Gasteiger partial charge in [-0.15, -0.1) is 11.3 Å². The lowest BCUT2D eigenvalue weighted by Gasteiger charge is -2.35. The number of hydrogen-bond acceptors (Lipinski definition) is 5. The van der Waals surface area contributed by atoms with Gasteiger partial charge in [-0.3, -0.25) is 4.79 Å². The quantitative estimate of drug-likeness (QED) is 0.842. The molecule has 9 heteroatoms. The number of piperidine rings is 1. The summed E-state index contributed by atoms with van der Waals surface area (Å²) in [6.07, 6.45) is 1.11. The summed E-state index contributed by atoms with van der Waals surface area (Å²) in [6, 6.07) is 0.893. The third kappa shape index (κ3) is 3.09. The second kappa shape index (κ2) is 5.74. The number of hydrogen-bond donors (Lipinski definition) is 2. The molecule has 0 aliphatic carbocycles. The van der Waals surface area contributed by atoms with Gasteiger partial charge in [-0.25, -0.2) is 13.2 Å². The zero-order chi connectivity index (χ0) is 15.8. The van der Waals surface area contributed by atoms with E-state index in [1.165, 1.54) is 9.69 Å². The van der Waals surface area contributed by atoms with Crippen LogP contribution in [0.1, 0.15) is 30.1 Å². The van der Waals surface area contributed by atoms with Gasteiger partial charge in [0.1, 0.15) is 4.21 Å². The number of primary amides is 1. The zero-order valence-corrected chi connectivity index (χ0v) is 13.0. The van der Waals surface area contributed by atoms with Gasteiger partial charge < -0.3 is 10.8 Å². The maximum absolute atomic E-state index is 12.6. The van der Waals surface area contributed by atoms with Crippen molar-refractivity contribution in [1.29, 1.82) is 0 Å². The van der Waals surface area contributed by atoms with Crippen LogP contribution < -0.4 is 5.73 Å². The highest BCUT2D eigenvalue weighted by molar-refractivity contribution is 7.91. The number of nitrogens with zero attached hydrogens (tertiary/aromatic N) is 1. The lowest BCUT2D eigenvalue weighted by molar-refractivity contribution is -0.123. The Labute approximate surface area is 126 Å². The van der Waals surface area contributed by atoms with Crippen molar-refractivity contribution < 1.29 is 23.1 Å².